The molecule has 1 aromatic carbocycles. The summed E-state index contributed by atoms with van der Waals surface area (Å²) in [5.41, 5.74) is -1.05. The second-order valence-electron chi connectivity index (χ2n) is 7.53. The number of carbonyl (C=O) groups is 2. The summed E-state index contributed by atoms with van der Waals surface area (Å²) in [7, 11) is 0. The van der Waals surface area contributed by atoms with Crippen LogP contribution in [0.1, 0.15) is 50.4 Å². The quantitative estimate of drug-likeness (QED) is 0.727. The van der Waals surface area contributed by atoms with Crippen LogP contribution in [0.4, 0.5) is 9.18 Å². The number of hydrogen-bond donors (Lipinski definition) is 0. The number of halogens is 1. The van der Waals surface area contributed by atoms with E-state index in [9.17, 15) is 14.0 Å². The average molecular weight is 335 g/mol. The number of benzene rings is 1. The first kappa shape index (κ1) is 16.7. The fourth-order valence-electron chi connectivity index (χ4n) is 3.27. The van der Waals surface area contributed by atoms with Gasteiger partial charge in [-0.2, -0.15) is 0 Å². The molecule has 0 aliphatic carbocycles. The van der Waals surface area contributed by atoms with Gasteiger partial charge in [-0.15, -0.1) is 0 Å². The molecule has 0 saturated carbocycles. The molecule has 1 amide bonds. The van der Waals surface area contributed by atoms with E-state index in [1.54, 1.807) is 4.90 Å². The molecule has 6 heteroatoms. The van der Waals surface area contributed by atoms with Crippen molar-refractivity contribution < 1.29 is 23.5 Å². The minimum absolute atomic E-state index is 0.142. The molecule has 130 valence electrons. The summed E-state index contributed by atoms with van der Waals surface area (Å²) in [6.07, 6.45) is 1.14. The van der Waals surface area contributed by atoms with Crippen LogP contribution in [0.25, 0.3) is 0 Å². The number of nitrogens with zero attached hydrogens (tertiary/aromatic N) is 1. The lowest BCUT2D eigenvalue weighted by atomic mass is 9.83. The van der Waals surface area contributed by atoms with Crippen molar-refractivity contribution in [3.05, 3.63) is 29.6 Å². The fraction of sp³-hybridized carbons (Fsp3) is 0.556. The Bertz CT molecular complexity index is 682. The van der Waals surface area contributed by atoms with E-state index in [0.717, 1.165) is 6.42 Å². The van der Waals surface area contributed by atoms with Crippen molar-refractivity contribution in [3.63, 3.8) is 0 Å². The molecule has 1 saturated heterocycles. The molecule has 0 N–H and O–H groups in total. The van der Waals surface area contributed by atoms with Gasteiger partial charge in [-0.05, 0) is 51.8 Å². The van der Waals surface area contributed by atoms with Gasteiger partial charge in [-0.1, -0.05) is 0 Å². The smallest absolute Gasteiger partial charge is 0.410 e. The van der Waals surface area contributed by atoms with Gasteiger partial charge in [0.1, 0.15) is 22.8 Å². The van der Waals surface area contributed by atoms with E-state index < -0.39 is 23.1 Å². The zero-order valence-corrected chi connectivity index (χ0v) is 14.2. The fourth-order valence-corrected chi connectivity index (χ4v) is 3.27. The van der Waals surface area contributed by atoms with E-state index in [4.69, 9.17) is 9.47 Å². The Hall–Kier alpha value is -2.11. The molecule has 2 aliphatic rings. The average Bonchev–Trinajstić information content (AvgIpc) is 2.46. The zero-order chi connectivity index (χ0) is 17.5. The van der Waals surface area contributed by atoms with Crippen LogP contribution in [0, 0.1) is 5.82 Å². The Kier molecular flexibility index (Phi) is 4.01. The number of carbonyl (C=O) groups excluding carboxylic acids is 2. The normalized spacial score (nSPS) is 23.7. The number of ketones is 1. The number of amides is 1. The van der Waals surface area contributed by atoms with Crippen molar-refractivity contribution in [2.75, 3.05) is 13.1 Å². The number of ether oxygens (including phenoxy) is 2. The summed E-state index contributed by atoms with van der Waals surface area (Å²) >= 11 is 0. The van der Waals surface area contributed by atoms with Crippen LogP contribution >= 0.6 is 0 Å². The van der Waals surface area contributed by atoms with E-state index in [1.807, 2.05) is 20.8 Å². The molecule has 1 atom stereocenters. The minimum Gasteiger partial charge on any atom is -0.484 e. The van der Waals surface area contributed by atoms with Gasteiger partial charge >= 0.3 is 6.09 Å². The second-order valence-corrected chi connectivity index (χ2v) is 7.53. The Morgan fingerprint density at radius 1 is 1.38 bits per heavy atom. The molecule has 24 heavy (non-hydrogen) atoms. The summed E-state index contributed by atoms with van der Waals surface area (Å²) in [5.74, 6) is -0.221. The maximum absolute atomic E-state index is 13.3. The summed E-state index contributed by atoms with van der Waals surface area (Å²) in [4.78, 5) is 26.4. The van der Waals surface area contributed by atoms with Crippen LogP contribution in [0.2, 0.25) is 0 Å². The monoisotopic (exact) mass is 335 g/mol. The Morgan fingerprint density at radius 3 is 2.83 bits per heavy atom. The lowest BCUT2D eigenvalue weighted by Crippen LogP contribution is -2.56. The molecule has 1 fully saturated rings. The summed E-state index contributed by atoms with van der Waals surface area (Å²) in [6, 6.07) is 3.97. The van der Waals surface area contributed by atoms with Crippen molar-refractivity contribution in [2.24, 2.45) is 0 Å². The first-order valence-corrected chi connectivity index (χ1v) is 8.17. The third-order valence-electron chi connectivity index (χ3n) is 4.24. The van der Waals surface area contributed by atoms with E-state index in [2.05, 4.69) is 0 Å². The highest BCUT2D eigenvalue weighted by molar-refractivity contribution is 6.00. The van der Waals surface area contributed by atoms with Crippen molar-refractivity contribution in [1.82, 2.24) is 4.90 Å². The lowest BCUT2D eigenvalue weighted by molar-refractivity contribution is -0.0334. The number of Topliss-reactive ketones (excluding diaryl/α,β-unsaturated/α-hetero) is 1. The van der Waals surface area contributed by atoms with Gasteiger partial charge in [0.15, 0.2) is 5.78 Å². The topological polar surface area (TPSA) is 55.8 Å². The van der Waals surface area contributed by atoms with Crippen molar-refractivity contribution >= 4 is 11.9 Å². The molecular formula is C18H22FNO4. The van der Waals surface area contributed by atoms with Crippen LogP contribution in [0.3, 0.4) is 0 Å². The number of piperidine rings is 1. The molecule has 1 aromatic rings. The largest absolute Gasteiger partial charge is 0.484 e. The van der Waals surface area contributed by atoms with Crippen molar-refractivity contribution in [1.29, 1.82) is 0 Å². The molecule has 1 unspecified atom stereocenters. The maximum Gasteiger partial charge on any atom is 0.410 e. The molecule has 0 aromatic heterocycles. The number of rotatable bonds is 0. The molecule has 0 bridgehead atoms. The van der Waals surface area contributed by atoms with E-state index in [0.29, 0.717) is 25.3 Å². The Balaban J connectivity index is 1.80. The van der Waals surface area contributed by atoms with E-state index in [1.165, 1.54) is 18.2 Å². The third-order valence-corrected chi connectivity index (χ3v) is 4.24. The van der Waals surface area contributed by atoms with Crippen LogP contribution in [0.5, 0.6) is 5.75 Å². The molecule has 1 spiro atoms. The van der Waals surface area contributed by atoms with Crippen molar-refractivity contribution in [3.8, 4) is 5.75 Å². The molecule has 0 radical (unpaired) electrons. The first-order chi connectivity index (χ1) is 11.2. The Morgan fingerprint density at radius 2 is 2.12 bits per heavy atom. The molecule has 2 aliphatic heterocycles. The van der Waals surface area contributed by atoms with Gasteiger partial charge in [0.25, 0.3) is 0 Å². The summed E-state index contributed by atoms with van der Waals surface area (Å²) < 4.78 is 24.8. The predicted molar refractivity (Wildman–Crippen MR) is 85.7 cm³/mol. The number of likely N-dealkylation sites (tertiary alicyclic amines) is 1. The Labute approximate surface area is 140 Å². The molecule has 3 rings (SSSR count). The van der Waals surface area contributed by atoms with Gasteiger partial charge in [0.05, 0.1) is 18.5 Å². The SMILES string of the molecule is CC(C)(C)OC(=O)N1CCCC2(CC(=O)c3cc(F)ccc3O2)C1. The number of hydrogen-bond acceptors (Lipinski definition) is 4. The van der Waals surface area contributed by atoms with E-state index in [-0.39, 0.29) is 17.8 Å². The van der Waals surface area contributed by atoms with Crippen LogP contribution in [-0.4, -0.2) is 41.1 Å². The highest BCUT2D eigenvalue weighted by Gasteiger charge is 2.45. The summed E-state index contributed by atoms with van der Waals surface area (Å²) in [6.45, 7) is 6.32. The standard InChI is InChI=1S/C18H22FNO4/c1-17(2,3)24-16(22)20-8-4-7-18(11-20)10-14(21)13-9-12(19)5-6-15(13)23-18/h5-6,9H,4,7-8,10-11H2,1-3H3. The predicted octanol–water partition coefficient (Wildman–Crippen LogP) is 3.56. The summed E-state index contributed by atoms with van der Waals surface area (Å²) in [5, 5.41) is 0. The van der Waals surface area contributed by atoms with Gasteiger partial charge in [-0.25, -0.2) is 9.18 Å². The van der Waals surface area contributed by atoms with Gasteiger partial charge in [-0.3, -0.25) is 4.79 Å². The first-order valence-electron chi connectivity index (χ1n) is 8.17. The molecule has 5 nitrogen and oxygen atoms in total. The minimum atomic E-state index is -0.753. The van der Waals surface area contributed by atoms with Crippen LogP contribution in [-0.2, 0) is 4.74 Å². The van der Waals surface area contributed by atoms with E-state index >= 15 is 0 Å². The highest BCUT2D eigenvalue weighted by atomic mass is 19.1. The highest BCUT2D eigenvalue weighted by Crippen LogP contribution is 2.38. The maximum atomic E-state index is 13.3. The van der Waals surface area contributed by atoms with Gasteiger partial charge < -0.3 is 14.4 Å². The van der Waals surface area contributed by atoms with Crippen LogP contribution < -0.4 is 4.74 Å². The van der Waals surface area contributed by atoms with Crippen LogP contribution in [0.15, 0.2) is 18.2 Å². The molecule has 2 heterocycles. The zero-order valence-electron chi connectivity index (χ0n) is 14.2. The van der Waals surface area contributed by atoms with Gasteiger partial charge in [0.2, 0.25) is 0 Å². The third kappa shape index (κ3) is 3.37. The second kappa shape index (κ2) is 5.76. The van der Waals surface area contributed by atoms with Crippen molar-refractivity contribution in [2.45, 2.75) is 51.2 Å². The van der Waals surface area contributed by atoms with Gasteiger partial charge in [0, 0.05) is 6.54 Å². The lowest BCUT2D eigenvalue weighted by Gasteiger charge is -2.44. The number of fused-ring (bicyclic) bond motifs is 1. The molecular weight excluding hydrogens is 313 g/mol.